The molecule has 0 aliphatic carbocycles. The molecule has 19 heavy (non-hydrogen) atoms. The molecule has 0 rings (SSSR count). The SMILES string of the molecule is CC(=O)CC/C=C(\C)CCCC(C)CCCC(C)C. The minimum absolute atomic E-state index is 0.294. The van der Waals surface area contributed by atoms with E-state index in [1.807, 2.05) is 0 Å². The molecular formula is C18H34O. The van der Waals surface area contributed by atoms with Gasteiger partial charge in [0.2, 0.25) is 0 Å². The van der Waals surface area contributed by atoms with Gasteiger partial charge in [-0.25, -0.2) is 0 Å². The molecule has 1 unspecified atom stereocenters. The van der Waals surface area contributed by atoms with Gasteiger partial charge >= 0.3 is 0 Å². The number of carbonyl (C=O) groups excluding carboxylic acids is 1. The lowest BCUT2D eigenvalue weighted by Gasteiger charge is -2.12. The number of hydrogen-bond donors (Lipinski definition) is 0. The molecule has 0 aliphatic rings. The molecule has 0 radical (unpaired) electrons. The lowest BCUT2D eigenvalue weighted by Crippen LogP contribution is -1.97. The first kappa shape index (κ1) is 18.4. The second kappa shape index (κ2) is 11.3. The van der Waals surface area contributed by atoms with Gasteiger partial charge in [0.25, 0.3) is 0 Å². The van der Waals surface area contributed by atoms with Gasteiger partial charge in [-0.1, -0.05) is 58.1 Å². The van der Waals surface area contributed by atoms with Crippen molar-refractivity contribution >= 4 is 5.78 Å². The van der Waals surface area contributed by atoms with Crippen molar-refractivity contribution in [2.75, 3.05) is 0 Å². The summed E-state index contributed by atoms with van der Waals surface area (Å²) in [6, 6.07) is 0. The van der Waals surface area contributed by atoms with E-state index < -0.39 is 0 Å². The molecule has 0 spiro atoms. The molecule has 1 heteroatoms. The molecule has 0 aromatic carbocycles. The highest BCUT2D eigenvalue weighted by molar-refractivity contribution is 5.75. The predicted octanol–water partition coefficient (Wildman–Crippen LogP) is 5.93. The summed E-state index contributed by atoms with van der Waals surface area (Å²) >= 11 is 0. The van der Waals surface area contributed by atoms with Crippen molar-refractivity contribution in [3.63, 3.8) is 0 Å². The summed E-state index contributed by atoms with van der Waals surface area (Å²) in [5, 5.41) is 0. The van der Waals surface area contributed by atoms with E-state index in [0.717, 1.165) is 18.3 Å². The van der Waals surface area contributed by atoms with Gasteiger partial charge in [-0.15, -0.1) is 0 Å². The fourth-order valence-electron chi connectivity index (χ4n) is 2.37. The highest BCUT2D eigenvalue weighted by Gasteiger charge is 2.03. The molecule has 0 aromatic heterocycles. The average Bonchev–Trinajstić information content (AvgIpc) is 2.27. The van der Waals surface area contributed by atoms with Crippen LogP contribution in [0.2, 0.25) is 0 Å². The molecule has 0 heterocycles. The molecule has 0 aromatic rings. The molecule has 0 aliphatic heterocycles. The Morgan fingerprint density at radius 2 is 1.58 bits per heavy atom. The number of hydrogen-bond acceptors (Lipinski definition) is 1. The fourth-order valence-corrected chi connectivity index (χ4v) is 2.37. The van der Waals surface area contributed by atoms with Gasteiger partial charge in [0.1, 0.15) is 5.78 Å². The van der Waals surface area contributed by atoms with Gasteiger partial charge in [0, 0.05) is 6.42 Å². The zero-order valence-corrected chi connectivity index (χ0v) is 13.8. The van der Waals surface area contributed by atoms with Crippen molar-refractivity contribution < 1.29 is 4.79 Å². The van der Waals surface area contributed by atoms with E-state index in [2.05, 4.69) is 33.8 Å². The predicted molar refractivity (Wildman–Crippen MR) is 85.4 cm³/mol. The van der Waals surface area contributed by atoms with Crippen molar-refractivity contribution in [1.82, 2.24) is 0 Å². The van der Waals surface area contributed by atoms with E-state index in [-0.39, 0.29) is 0 Å². The van der Waals surface area contributed by atoms with Crippen LogP contribution >= 0.6 is 0 Å². The Balaban J connectivity index is 3.57. The Kier molecular flexibility index (Phi) is 10.9. The van der Waals surface area contributed by atoms with Crippen LogP contribution < -0.4 is 0 Å². The van der Waals surface area contributed by atoms with E-state index in [1.54, 1.807) is 6.92 Å². The van der Waals surface area contributed by atoms with Gasteiger partial charge in [-0.05, 0) is 44.9 Å². The van der Waals surface area contributed by atoms with E-state index >= 15 is 0 Å². The first-order chi connectivity index (χ1) is 8.91. The minimum Gasteiger partial charge on any atom is -0.300 e. The van der Waals surface area contributed by atoms with Crippen LogP contribution in [0, 0.1) is 11.8 Å². The Morgan fingerprint density at radius 3 is 2.16 bits per heavy atom. The molecule has 1 atom stereocenters. The summed E-state index contributed by atoms with van der Waals surface area (Å²) in [7, 11) is 0. The van der Waals surface area contributed by atoms with Gasteiger partial charge < -0.3 is 4.79 Å². The van der Waals surface area contributed by atoms with Crippen LogP contribution in [0.4, 0.5) is 0 Å². The zero-order valence-electron chi connectivity index (χ0n) is 13.8. The van der Waals surface area contributed by atoms with E-state index in [1.165, 1.54) is 44.1 Å². The monoisotopic (exact) mass is 266 g/mol. The maximum absolute atomic E-state index is 10.8. The molecule has 0 fully saturated rings. The normalized spacial score (nSPS) is 13.9. The second-order valence-electron chi connectivity index (χ2n) is 6.61. The lowest BCUT2D eigenvalue weighted by molar-refractivity contribution is -0.116. The highest BCUT2D eigenvalue weighted by Crippen LogP contribution is 2.19. The Morgan fingerprint density at radius 1 is 0.947 bits per heavy atom. The third-order valence-electron chi connectivity index (χ3n) is 3.74. The summed E-state index contributed by atoms with van der Waals surface area (Å²) in [5.74, 6) is 2.00. The standard InChI is InChI=1S/C18H34O/c1-15(2)9-6-10-16(3)11-7-12-17(4)13-8-14-18(5)19/h13,15-16H,6-12,14H2,1-5H3/b17-13+. The maximum Gasteiger partial charge on any atom is 0.130 e. The van der Waals surface area contributed by atoms with Crippen LogP contribution in [0.1, 0.15) is 86.0 Å². The van der Waals surface area contributed by atoms with E-state index in [9.17, 15) is 4.79 Å². The summed E-state index contributed by atoms with van der Waals surface area (Å²) in [5.41, 5.74) is 1.45. The van der Waals surface area contributed by atoms with Crippen LogP contribution in [0.5, 0.6) is 0 Å². The van der Waals surface area contributed by atoms with Gasteiger partial charge in [-0.3, -0.25) is 0 Å². The first-order valence-electron chi connectivity index (χ1n) is 8.06. The smallest absolute Gasteiger partial charge is 0.130 e. The Bertz CT molecular complexity index is 263. The lowest BCUT2D eigenvalue weighted by atomic mass is 9.94. The number of rotatable bonds is 11. The van der Waals surface area contributed by atoms with Crippen molar-refractivity contribution in [3.8, 4) is 0 Å². The van der Waals surface area contributed by atoms with Crippen molar-refractivity contribution in [1.29, 1.82) is 0 Å². The third kappa shape index (κ3) is 13.6. The molecule has 0 N–H and O–H groups in total. The molecule has 112 valence electrons. The summed E-state index contributed by atoms with van der Waals surface area (Å²) < 4.78 is 0. The zero-order chi connectivity index (χ0) is 14.7. The van der Waals surface area contributed by atoms with Crippen molar-refractivity contribution in [3.05, 3.63) is 11.6 Å². The molecule has 0 bridgehead atoms. The van der Waals surface area contributed by atoms with Gasteiger partial charge in [0.15, 0.2) is 0 Å². The number of Topliss-reactive ketones (excluding diaryl/α,β-unsaturated/α-hetero) is 1. The highest BCUT2D eigenvalue weighted by atomic mass is 16.1. The van der Waals surface area contributed by atoms with Crippen LogP contribution in [0.3, 0.4) is 0 Å². The third-order valence-corrected chi connectivity index (χ3v) is 3.74. The van der Waals surface area contributed by atoms with E-state index in [4.69, 9.17) is 0 Å². The van der Waals surface area contributed by atoms with Crippen LogP contribution in [0.25, 0.3) is 0 Å². The fraction of sp³-hybridized carbons (Fsp3) is 0.833. The second-order valence-corrected chi connectivity index (χ2v) is 6.61. The molecule has 0 saturated heterocycles. The van der Waals surface area contributed by atoms with Crippen LogP contribution in [-0.2, 0) is 4.79 Å². The summed E-state index contributed by atoms with van der Waals surface area (Å²) in [6.07, 6.45) is 11.8. The van der Waals surface area contributed by atoms with Gasteiger partial charge in [0.05, 0.1) is 0 Å². The number of carbonyl (C=O) groups is 1. The number of allylic oxidation sites excluding steroid dienone is 2. The average molecular weight is 266 g/mol. The molecule has 0 saturated carbocycles. The minimum atomic E-state index is 0.294. The Labute approximate surface area is 120 Å². The van der Waals surface area contributed by atoms with Gasteiger partial charge in [-0.2, -0.15) is 0 Å². The first-order valence-corrected chi connectivity index (χ1v) is 8.06. The maximum atomic E-state index is 10.8. The molecular weight excluding hydrogens is 232 g/mol. The molecule has 0 amide bonds. The van der Waals surface area contributed by atoms with Crippen LogP contribution in [-0.4, -0.2) is 5.78 Å². The van der Waals surface area contributed by atoms with Crippen molar-refractivity contribution in [2.24, 2.45) is 11.8 Å². The van der Waals surface area contributed by atoms with Crippen molar-refractivity contribution in [2.45, 2.75) is 86.0 Å². The Hall–Kier alpha value is -0.590. The largest absolute Gasteiger partial charge is 0.300 e. The topological polar surface area (TPSA) is 17.1 Å². The van der Waals surface area contributed by atoms with E-state index in [0.29, 0.717) is 12.2 Å². The molecule has 1 nitrogen and oxygen atoms in total. The number of ketones is 1. The quantitative estimate of drug-likeness (QED) is 0.423. The summed E-state index contributed by atoms with van der Waals surface area (Å²) in [4.78, 5) is 10.8. The van der Waals surface area contributed by atoms with Crippen LogP contribution in [0.15, 0.2) is 11.6 Å². The summed E-state index contributed by atoms with van der Waals surface area (Å²) in [6.45, 7) is 10.9.